The maximum atomic E-state index is 6.06. The lowest BCUT2D eigenvalue weighted by molar-refractivity contribution is 0.833. The van der Waals surface area contributed by atoms with Crippen LogP contribution in [0.4, 0.5) is 0 Å². The molecule has 0 saturated carbocycles. The summed E-state index contributed by atoms with van der Waals surface area (Å²) >= 11 is 6.06. The molecule has 0 aliphatic carbocycles. The summed E-state index contributed by atoms with van der Waals surface area (Å²) in [5.74, 6) is 0. The van der Waals surface area contributed by atoms with Crippen molar-refractivity contribution in [2.45, 2.75) is 13.8 Å². The van der Waals surface area contributed by atoms with E-state index < -0.39 is 0 Å². The maximum Gasteiger partial charge on any atom is 0.0848 e. The van der Waals surface area contributed by atoms with Crippen molar-refractivity contribution in [3.05, 3.63) is 46.7 Å². The van der Waals surface area contributed by atoms with Crippen molar-refractivity contribution in [1.29, 1.82) is 0 Å². The molecule has 0 spiro atoms. The minimum absolute atomic E-state index is 0.734. The predicted molar refractivity (Wildman–Crippen MR) is 56.9 cm³/mol. The lowest BCUT2D eigenvalue weighted by atomic mass is 10.3. The average Bonchev–Trinajstić information content (AvgIpc) is 2.47. The van der Waals surface area contributed by atoms with E-state index in [9.17, 15) is 0 Å². The number of hydrogen-bond donors (Lipinski definition) is 0. The Morgan fingerprint density at radius 3 is 2.43 bits per heavy atom. The highest BCUT2D eigenvalue weighted by Gasteiger charge is 2.09. The van der Waals surface area contributed by atoms with Gasteiger partial charge in [-0.05, 0) is 32.0 Å². The van der Waals surface area contributed by atoms with Gasteiger partial charge in [0.1, 0.15) is 0 Å². The van der Waals surface area contributed by atoms with Gasteiger partial charge in [-0.1, -0.05) is 23.7 Å². The number of halogens is 1. The molecule has 14 heavy (non-hydrogen) atoms. The van der Waals surface area contributed by atoms with Crippen molar-refractivity contribution in [1.82, 2.24) is 9.78 Å². The molecule has 2 rings (SSSR count). The van der Waals surface area contributed by atoms with Gasteiger partial charge in [0, 0.05) is 0 Å². The summed E-state index contributed by atoms with van der Waals surface area (Å²) in [5, 5.41) is 5.08. The van der Waals surface area contributed by atoms with E-state index in [1.165, 1.54) is 0 Å². The normalized spacial score (nSPS) is 10.5. The van der Waals surface area contributed by atoms with Gasteiger partial charge in [0.05, 0.1) is 22.1 Å². The second-order valence-corrected chi connectivity index (χ2v) is 3.53. The Balaban J connectivity index is 2.58. The van der Waals surface area contributed by atoms with Crippen molar-refractivity contribution in [3.63, 3.8) is 0 Å². The summed E-state index contributed by atoms with van der Waals surface area (Å²) in [6.45, 7) is 3.86. The molecule has 0 N–H and O–H groups in total. The molecule has 0 amide bonds. The van der Waals surface area contributed by atoms with Gasteiger partial charge in [-0.25, -0.2) is 4.68 Å². The van der Waals surface area contributed by atoms with Crippen LogP contribution >= 0.6 is 11.6 Å². The fraction of sp³-hybridized carbons (Fsp3) is 0.182. The van der Waals surface area contributed by atoms with Crippen LogP contribution in [-0.4, -0.2) is 9.78 Å². The third kappa shape index (κ3) is 1.42. The molecule has 1 aromatic carbocycles. The summed E-state index contributed by atoms with van der Waals surface area (Å²) in [4.78, 5) is 0. The largest absolute Gasteiger partial charge is 0.236 e. The fourth-order valence-corrected chi connectivity index (χ4v) is 1.51. The Morgan fingerprint density at radius 2 is 1.93 bits per heavy atom. The molecule has 2 nitrogen and oxygen atoms in total. The molecule has 1 aromatic heterocycles. The Bertz CT molecular complexity index is 446. The van der Waals surface area contributed by atoms with Crippen molar-refractivity contribution in [3.8, 4) is 5.69 Å². The molecule has 0 aliphatic heterocycles. The fourth-order valence-electron chi connectivity index (χ4n) is 1.39. The van der Waals surface area contributed by atoms with Gasteiger partial charge >= 0.3 is 0 Å². The summed E-state index contributed by atoms with van der Waals surface area (Å²) in [6, 6.07) is 10.6. The average molecular weight is 206 g/mol. The molecule has 1 radical (unpaired) electrons. The van der Waals surface area contributed by atoms with E-state index in [0.717, 1.165) is 22.1 Å². The highest BCUT2D eigenvalue weighted by molar-refractivity contribution is 6.31. The summed E-state index contributed by atoms with van der Waals surface area (Å²) < 4.78 is 1.84. The van der Waals surface area contributed by atoms with Crippen LogP contribution in [0, 0.1) is 19.9 Å². The molecular weight excluding hydrogens is 196 g/mol. The molecule has 0 bridgehead atoms. The van der Waals surface area contributed by atoms with Gasteiger partial charge in [-0.2, -0.15) is 5.10 Å². The van der Waals surface area contributed by atoms with Gasteiger partial charge < -0.3 is 0 Å². The minimum atomic E-state index is 0.734. The van der Waals surface area contributed by atoms with Gasteiger partial charge in [-0.15, -0.1) is 0 Å². The van der Waals surface area contributed by atoms with Crippen molar-refractivity contribution in [2.75, 3.05) is 0 Å². The van der Waals surface area contributed by atoms with E-state index in [0.29, 0.717) is 0 Å². The first kappa shape index (κ1) is 9.28. The zero-order chi connectivity index (χ0) is 10.1. The first-order chi connectivity index (χ1) is 6.70. The highest BCUT2D eigenvalue weighted by Crippen LogP contribution is 2.21. The summed E-state index contributed by atoms with van der Waals surface area (Å²) in [5.41, 5.74) is 2.84. The van der Waals surface area contributed by atoms with E-state index in [-0.39, 0.29) is 0 Å². The van der Waals surface area contributed by atoms with Crippen LogP contribution in [0.25, 0.3) is 5.69 Å². The van der Waals surface area contributed by atoms with Gasteiger partial charge in [-0.3, -0.25) is 0 Å². The molecule has 0 aliphatic rings. The number of nitrogens with zero attached hydrogens (tertiary/aromatic N) is 2. The van der Waals surface area contributed by atoms with E-state index in [4.69, 9.17) is 11.6 Å². The SMILES string of the molecule is Cc1nn(-c2cc[c]cc2)c(C)c1Cl. The minimum Gasteiger partial charge on any atom is -0.236 e. The molecule has 1 heterocycles. The van der Waals surface area contributed by atoms with Gasteiger partial charge in [0.25, 0.3) is 0 Å². The molecule has 0 fully saturated rings. The molecule has 0 unspecified atom stereocenters. The van der Waals surface area contributed by atoms with Gasteiger partial charge in [0.2, 0.25) is 0 Å². The molecule has 3 heteroatoms. The van der Waals surface area contributed by atoms with E-state index in [1.807, 2.05) is 42.8 Å². The smallest absolute Gasteiger partial charge is 0.0848 e. The zero-order valence-corrected chi connectivity index (χ0v) is 8.84. The summed E-state index contributed by atoms with van der Waals surface area (Å²) in [6.07, 6.45) is 0. The number of benzene rings is 1. The molecule has 0 atom stereocenters. The van der Waals surface area contributed by atoms with Crippen LogP contribution in [0.15, 0.2) is 24.3 Å². The first-order valence-corrected chi connectivity index (χ1v) is 4.76. The predicted octanol–water partition coefficient (Wildman–Crippen LogP) is 2.94. The third-order valence-electron chi connectivity index (χ3n) is 2.15. The molecular formula is C11H10ClN2. The van der Waals surface area contributed by atoms with Gasteiger partial charge in [0.15, 0.2) is 0 Å². The number of hydrogen-bond acceptors (Lipinski definition) is 1. The van der Waals surface area contributed by atoms with Crippen LogP contribution in [0.2, 0.25) is 5.02 Å². The quantitative estimate of drug-likeness (QED) is 0.700. The second-order valence-electron chi connectivity index (χ2n) is 3.15. The van der Waals surface area contributed by atoms with E-state index >= 15 is 0 Å². The Labute approximate surface area is 88.1 Å². The zero-order valence-electron chi connectivity index (χ0n) is 8.08. The van der Waals surface area contributed by atoms with Crippen molar-refractivity contribution in [2.24, 2.45) is 0 Å². The van der Waals surface area contributed by atoms with Crippen LogP contribution in [-0.2, 0) is 0 Å². The van der Waals surface area contributed by atoms with E-state index in [1.54, 1.807) is 0 Å². The maximum absolute atomic E-state index is 6.06. The Hall–Kier alpha value is -1.28. The van der Waals surface area contributed by atoms with Crippen LogP contribution in [0.1, 0.15) is 11.4 Å². The molecule has 71 valence electrons. The topological polar surface area (TPSA) is 17.8 Å². The number of rotatable bonds is 1. The second kappa shape index (κ2) is 3.46. The number of aromatic nitrogens is 2. The van der Waals surface area contributed by atoms with Crippen molar-refractivity contribution >= 4 is 11.6 Å². The lowest BCUT2D eigenvalue weighted by Crippen LogP contribution is -1.98. The standard InChI is InChI=1S/C11H10ClN2/c1-8-11(12)9(2)14(13-8)10-6-4-3-5-7-10/h4-7H,1-2H3. The van der Waals surface area contributed by atoms with E-state index in [2.05, 4.69) is 11.2 Å². The molecule has 2 aromatic rings. The summed E-state index contributed by atoms with van der Waals surface area (Å²) in [7, 11) is 0. The van der Waals surface area contributed by atoms with Crippen LogP contribution in [0.3, 0.4) is 0 Å². The van der Waals surface area contributed by atoms with Crippen LogP contribution < -0.4 is 0 Å². The first-order valence-electron chi connectivity index (χ1n) is 4.38. The van der Waals surface area contributed by atoms with Crippen molar-refractivity contribution < 1.29 is 0 Å². The monoisotopic (exact) mass is 205 g/mol. The van der Waals surface area contributed by atoms with Crippen LogP contribution in [0.5, 0.6) is 0 Å². The highest BCUT2D eigenvalue weighted by atomic mass is 35.5. The Kier molecular flexibility index (Phi) is 2.30. The third-order valence-corrected chi connectivity index (χ3v) is 2.70. The Morgan fingerprint density at radius 1 is 1.29 bits per heavy atom. The molecule has 0 saturated heterocycles. The lowest BCUT2D eigenvalue weighted by Gasteiger charge is -2.02. The number of aryl methyl sites for hydroxylation is 1.